The smallest absolute Gasteiger partial charge is 0.256 e. The Balaban J connectivity index is 2.81. The van der Waals surface area contributed by atoms with E-state index < -0.39 is 5.60 Å². The summed E-state index contributed by atoms with van der Waals surface area (Å²) in [7, 11) is 1.50. The molecule has 1 aromatic heterocycles. The van der Waals surface area contributed by atoms with E-state index in [1.165, 1.54) is 7.11 Å². The molecule has 1 N–H and O–H groups in total. The van der Waals surface area contributed by atoms with Crippen molar-refractivity contribution in [1.29, 1.82) is 0 Å². The number of carbonyl (C=O) groups excluding carboxylic acids is 1. The molecule has 1 rings (SSSR count). The average molecular weight is 252 g/mol. The van der Waals surface area contributed by atoms with Crippen LogP contribution in [0.4, 0.5) is 5.69 Å². The first-order chi connectivity index (χ1) is 8.40. The van der Waals surface area contributed by atoms with Crippen LogP contribution >= 0.6 is 0 Å². The summed E-state index contributed by atoms with van der Waals surface area (Å²) in [4.78, 5) is 16.0. The van der Waals surface area contributed by atoms with E-state index in [9.17, 15) is 4.79 Å². The highest BCUT2D eigenvalue weighted by molar-refractivity contribution is 5.96. The number of aryl methyl sites for hydroxylation is 1. The second-order valence-electron chi connectivity index (χ2n) is 4.45. The van der Waals surface area contributed by atoms with E-state index >= 15 is 0 Å². The summed E-state index contributed by atoms with van der Waals surface area (Å²) in [5.74, 6) is 0.372. The second-order valence-corrected chi connectivity index (χ2v) is 4.45. The Labute approximate surface area is 108 Å². The molecule has 0 aliphatic heterocycles. The minimum absolute atomic E-state index is 0.213. The Morgan fingerprint density at radius 3 is 2.67 bits per heavy atom. The number of carbonyl (C=O) groups is 1. The van der Waals surface area contributed by atoms with Gasteiger partial charge in [0.05, 0.1) is 18.5 Å². The van der Waals surface area contributed by atoms with Gasteiger partial charge in [0.2, 0.25) is 5.88 Å². The highest BCUT2D eigenvalue weighted by Gasteiger charge is 2.27. The van der Waals surface area contributed by atoms with Crippen molar-refractivity contribution in [2.24, 2.45) is 0 Å². The predicted octanol–water partition coefficient (Wildman–Crippen LogP) is 2.15. The molecule has 0 fully saturated rings. The number of pyridine rings is 1. The van der Waals surface area contributed by atoms with Gasteiger partial charge in [0, 0.05) is 12.7 Å². The quantitative estimate of drug-likeness (QED) is 0.872. The Morgan fingerprint density at radius 2 is 2.17 bits per heavy atom. The van der Waals surface area contributed by atoms with Crippen LogP contribution in [0.15, 0.2) is 12.3 Å². The Bertz CT molecular complexity index is 430. The third-order valence-electron chi connectivity index (χ3n) is 2.63. The summed E-state index contributed by atoms with van der Waals surface area (Å²) < 4.78 is 10.4. The first-order valence-corrected chi connectivity index (χ1v) is 5.86. The second kappa shape index (κ2) is 5.82. The van der Waals surface area contributed by atoms with Gasteiger partial charge in [-0.15, -0.1) is 0 Å². The monoisotopic (exact) mass is 252 g/mol. The SMILES string of the molecule is CCOc1ncc(NC(=O)C(C)(C)OC)cc1C. The number of methoxy groups -OCH3 is 1. The Kier molecular flexibility index (Phi) is 4.67. The third kappa shape index (κ3) is 3.43. The fraction of sp³-hybridized carbons (Fsp3) is 0.538. The lowest BCUT2D eigenvalue weighted by Crippen LogP contribution is -2.38. The van der Waals surface area contributed by atoms with Crippen LogP contribution < -0.4 is 10.1 Å². The fourth-order valence-corrected chi connectivity index (χ4v) is 1.29. The number of ether oxygens (including phenoxy) is 2. The molecular formula is C13H20N2O3. The van der Waals surface area contributed by atoms with Crippen molar-refractivity contribution in [3.63, 3.8) is 0 Å². The molecular weight excluding hydrogens is 232 g/mol. The lowest BCUT2D eigenvalue weighted by molar-refractivity contribution is -0.133. The first kappa shape index (κ1) is 14.4. The van der Waals surface area contributed by atoms with Gasteiger partial charge >= 0.3 is 0 Å². The summed E-state index contributed by atoms with van der Waals surface area (Å²) in [6.45, 7) is 7.76. The molecule has 0 aliphatic rings. The number of hydrogen-bond donors (Lipinski definition) is 1. The van der Waals surface area contributed by atoms with Gasteiger partial charge in [0.25, 0.3) is 5.91 Å². The van der Waals surface area contributed by atoms with E-state index in [0.29, 0.717) is 18.2 Å². The van der Waals surface area contributed by atoms with Gasteiger partial charge in [-0.25, -0.2) is 4.98 Å². The molecule has 0 atom stereocenters. The summed E-state index contributed by atoms with van der Waals surface area (Å²) in [6.07, 6.45) is 1.57. The number of nitrogens with one attached hydrogen (secondary N) is 1. The Morgan fingerprint density at radius 1 is 1.50 bits per heavy atom. The van der Waals surface area contributed by atoms with E-state index in [0.717, 1.165) is 5.56 Å². The van der Waals surface area contributed by atoms with Crippen LogP contribution in [0.3, 0.4) is 0 Å². The zero-order chi connectivity index (χ0) is 13.8. The maximum Gasteiger partial charge on any atom is 0.256 e. The summed E-state index contributed by atoms with van der Waals surface area (Å²) in [5, 5.41) is 2.76. The molecule has 0 saturated carbocycles. The summed E-state index contributed by atoms with van der Waals surface area (Å²) >= 11 is 0. The highest BCUT2D eigenvalue weighted by Crippen LogP contribution is 2.19. The molecule has 0 spiro atoms. The van der Waals surface area contributed by atoms with E-state index in [1.807, 2.05) is 19.9 Å². The number of anilines is 1. The van der Waals surface area contributed by atoms with Crippen LogP contribution in [-0.4, -0.2) is 30.2 Å². The van der Waals surface area contributed by atoms with Crippen LogP contribution in [0.25, 0.3) is 0 Å². The average Bonchev–Trinajstić information content (AvgIpc) is 2.32. The standard InChI is InChI=1S/C13H20N2O3/c1-6-18-11-9(2)7-10(8-14-11)15-12(16)13(3,4)17-5/h7-8H,6H2,1-5H3,(H,15,16). The summed E-state index contributed by atoms with van der Waals surface area (Å²) in [6, 6.07) is 1.82. The van der Waals surface area contributed by atoms with E-state index in [4.69, 9.17) is 9.47 Å². The molecule has 1 aromatic rings. The molecule has 0 aromatic carbocycles. The van der Waals surface area contributed by atoms with Crippen LogP contribution in [0.1, 0.15) is 26.3 Å². The van der Waals surface area contributed by atoms with Crippen molar-refractivity contribution in [2.45, 2.75) is 33.3 Å². The molecule has 0 bridgehead atoms. The maximum absolute atomic E-state index is 11.9. The molecule has 5 nitrogen and oxygen atoms in total. The normalized spacial score (nSPS) is 11.2. The number of nitrogens with zero attached hydrogens (tertiary/aromatic N) is 1. The molecule has 0 radical (unpaired) electrons. The minimum atomic E-state index is -0.869. The van der Waals surface area contributed by atoms with Gasteiger partial charge in [-0.1, -0.05) is 0 Å². The molecule has 1 amide bonds. The van der Waals surface area contributed by atoms with E-state index in [-0.39, 0.29) is 5.91 Å². The number of hydrogen-bond acceptors (Lipinski definition) is 4. The van der Waals surface area contributed by atoms with Crippen LogP contribution in [0, 0.1) is 6.92 Å². The number of rotatable bonds is 5. The van der Waals surface area contributed by atoms with Crippen molar-refractivity contribution in [3.8, 4) is 5.88 Å². The van der Waals surface area contributed by atoms with Crippen LogP contribution in [0.2, 0.25) is 0 Å². The molecule has 0 unspecified atom stereocenters. The highest BCUT2D eigenvalue weighted by atomic mass is 16.5. The zero-order valence-corrected chi connectivity index (χ0v) is 11.5. The molecule has 100 valence electrons. The van der Waals surface area contributed by atoms with Gasteiger partial charge < -0.3 is 14.8 Å². The van der Waals surface area contributed by atoms with E-state index in [1.54, 1.807) is 20.0 Å². The topological polar surface area (TPSA) is 60.5 Å². The minimum Gasteiger partial charge on any atom is -0.478 e. The van der Waals surface area contributed by atoms with Gasteiger partial charge in [-0.05, 0) is 33.8 Å². The first-order valence-electron chi connectivity index (χ1n) is 5.86. The van der Waals surface area contributed by atoms with Crippen molar-refractivity contribution >= 4 is 11.6 Å². The van der Waals surface area contributed by atoms with Crippen molar-refractivity contribution in [3.05, 3.63) is 17.8 Å². The molecule has 1 heterocycles. The van der Waals surface area contributed by atoms with Gasteiger partial charge in [-0.3, -0.25) is 4.79 Å². The van der Waals surface area contributed by atoms with E-state index in [2.05, 4.69) is 10.3 Å². The van der Waals surface area contributed by atoms with Crippen molar-refractivity contribution in [2.75, 3.05) is 19.0 Å². The Hall–Kier alpha value is -1.62. The maximum atomic E-state index is 11.9. The van der Waals surface area contributed by atoms with Crippen LogP contribution in [-0.2, 0) is 9.53 Å². The molecule has 5 heteroatoms. The lowest BCUT2D eigenvalue weighted by Gasteiger charge is -2.21. The molecule has 0 saturated heterocycles. The zero-order valence-electron chi connectivity index (χ0n) is 11.5. The largest absolute Gasteiger partial charge is 0.478 e. The van der Waals surface area contributed by atoms with Crippen LogP contribution in [0.5, 0.6) is 5.88 Å². The number of aromatic nitrogens is 1. The fourth-order valence-electron chi connectivity index (χ4n) is 1.29. The third-order valence-corrected chi connectivity index (χ3v) is 2.63. The van der Waals surface area contributed by atoms with Crippen molar-refractivity contribution in [1.82, 2.24) is 4.98 Å². The van der Waals surface area contributed by atoms with Crippen molar-refractivity contribution < 1.29 is 14.3 Å². The summed E-state index contributed by atoms with van der Waals surface area (Å²) in [5.41, 5.74) is 0.642. The number of amides is 1. The van der Waals surface area contributed by atoms with Gasteiger partial charge in [-0.2, -0.15) is 0 Å². The van der Waals surface area contributed by atoms with Gasteiger partial charge in [0.1, 0.15) is 5.60 Å². The van der Waals surface area contributed by atoms with Gasteiger partial charge in [0.15, 0.2) is 0 Å². The lowest BCUT2D eigenvalue weighted by atomic mass is 10.1. The molecule has 0 aliphatic carbocycles. The predicted molar refractivity (Wildman–Crippen MR) is 69.9 cm³/mol. The molecule has 18 heavy (non-hydrogen) atoms.